The van der Waals surface area contributed by atoms with Gasteiger partial charge < -0.3 is 14.9 Å². The molecule has 0 saturated carbocycles. The van der Waals surface area contributed by atoms with Crippen molar-refractivity contribution in [2.45, 2.75) is 32.8 Å². The van der Waals surface area contributed by atoms with Gasteiger partial charge in [0.05, 0.1) is 6.42 Å². The lowest BCUT2D eigenvalue weighted by molar-refractivity contribution is -0.143. The molecule has 94 valence electrons. The molecule has 0 aliphatic rings. The first kappa shape index (κ1) is 13.5. The Morgan fingerprint density at radius 1 is 1.35 bits per heavy atom. The second kappa shape index (κ2) is 5.19. The lowest BCUT2D eigenvalue weighted by Gasteiger charge is -2.21. The molecular formula is C13H18O4. The number of carboxylic acids is 1. The first-order chi connectivity index (χ1) is 7.80. The SMILES string of the molecule is Cc1ccc(OCC(C)(O)CC(=O)O)cc1C. The fourth-order valence-electron chi connectivity index (χ4n) is 1.42. The Morgan fingerprint density at radius 2 is 2.00 bits per heavy atom. The fourth-order valence-corrected chi connectivity index (χ4v) is 1.42. The van der Waals surface area contributed by atoms with Crippen molar-refractivity contribution in [1.29, 1.82) is 0 Å². The van der Waals surface area contributed by atoms with E-state index in [0.717, 1.165) is 11.1 Å². The average Bonchev–Trinajstić information content (AvgIpc) is 2.18. The van der Waals surface area contributed by atoms with Crippen molar-refractivity contribution in [3.63, 3.8) is 0 Å². The van der Waals surface area contributed by atoms with Crippen molar-refractivity contribution in [3.8, 4) is 5.75 Å². The van der Waals surface area contributed by atoms with E-state index in [9.17, 15) is 9.90 Å². The summed E-state index contributed by atoms with van der Waals surface area (Å²) in [5.41, 5.74) is 0.903. The van der Waals surface area contributed by atoms with E-state index in [1.54, 1.807) is 6.07 Å². The summed E-state index contributed by atoms with van der Waals surface area (Å²) >= 11 is 0. The highest BCUT2D eigenvalue weighted by Gasteiger charge is 2.25. The van der Waals surface area contributed by atoms with Crippen LogP contribution in [-0.2, 0) is 4.79 Å². The summed E-state index contributed by atoms with van der Waals surface area (Å²) in [6.07, 6.45) is -0.335. The number of rotatable bonds is 5. The number of hydrogen-bond acceptors (Lipinski definition) is 3. The minimum atomic E-state index is -1.36. The standard InChI is InChI=1S/C13H18O4/c1-9-4-5-11(6-10(9)2)17-8-13(3,16)7-12(14)15/h4-6,16H,7-8H2,1-3H3,(H,14,15). The fraction of sp³-hybridized carbons (Fsp3) is 0.462. The normalized spacial score (nSPS) is 14.1. The molecule has 2 N–H and O–H groups in total. The van der Waals surface area contributed by atoms with E-state index >= 15 is 0 Å². The topological polar surface area (TPSA) is 66.8 Å². The minimum absolute atomic E-state index is 0.0399. The molecule has 1 rings (SSSR count). The number of benzene rings is 1. The summed E-state index contributed by atoms with van der Waals surface area (Å²) in [5, 5.41) is 18.4. The van der Waals surface area contributed by atoms with Gasteiger partial charge in [0, 0.05) is 0 Å². The van der Waals surface area contributed by atoms with Crippen LogP contribution >= 0.6 is 0 Å². The summed E-state index contributed by atoms with van der Waals surface area (Å²) < 4.78 is 5.39. The van der Waals surface area contributed by atoms with E-state index in [1.807, 2.05) is 26.0 Å². The molecule has 4 heteroatoms. The molecule has 0 amide bonds. The predicted molar refractivity (Wildman–Crippen MR) is 64.3 cm³/mol. The molecule has 1 aromatic rings. The van der Waals surface area contributed by atoms with Crippen molar-refractivity contribution in [1.82, 2.24) is 0 Å². The van der Waals surface area contributed by atoms with Gasteiger partial charge in [-0.1, -0.05) is 6.07 Å². The van der Waals surface area contributed by atoms with Crippen LogP contribution < -0.4 is 4.74 Å². The lowest BCUT2D eigenvalue weighted by atomic mass is 10.0. The third-order valence-corrected chi connectivity index (χ3v) is 2.56. The van der Waals surface area contributed by atoms with Gasteiger partial charge in [0.2, 0.25) is 0 Å². The van der Waals surface area contributed by atoms with Gasteiger partial charge in [-0.05, 0) is 44.0 Å². The maximum Gasteiger partial charge on any atom is 0.306 e. The van der Waals surface area contributed by atoms with Crippen LogP contribution in [0.25, 0.3) is 0 Å². The van der Waals surface area contributed by atoms with Crippen LogP contribution in [0.15, 0.2) is 18.2 Å². The van der Waals surface area contributed by atoms with E-state index in [4.69, 9.17) is 9.84 Å². The second-order valence-corrected chi connectivity index (χ2v) is 4.60. The van der Waals surface area contributed by atoms with Crippen molar-refractivity contribution in [3.05, 3.63) is 29.3 Å². The van der Waals surface area contributed by atoms with E-state index < -0.39 is 11.6 Å². The molecule has 0 radical (unpaired) electrons. The third kappa shape index (κ3) is 4.44. The first-order valence-corrected chi connectivity index (χ1v) is 5.44. The summed E-state index contributed by atoms with van der Waals surface area (Å²) in [5.74, 6) is -0.405. The minimum Gasteiger partial charge on any atom is -0.491 e. The predicted octanol–water partition coefficient (Wildman–Crippen LogP) is 1.91. The lowest BCUT2D eigenvalue weighted by Crippen LogP contribution is -2.34. The Kier molecular flexibility index (Phi) is 4.12. The molecule has 0 fully saturated rings. The summed E-state index contributed by atoms with van der Waals surface area (Å²) in [7, 11) is 0. The zero-order valence-corrected chi connectivity index (χ0v) is 10.4. The van der Waals surface area contributed by atoms with E-state index in [-0.39, 0.29) is 13.0 Å². The number of carboxylic acid groups (broad SMARTS) is 1. The molecule has 4 nitrogen and oxygen atoms in total. The van der Waals surface area contributed by atoms with Crippen LogP contribution in [0.1, 0.15) is 24.5 Å². The zero-order chi connectivity index (χ0) is 13.1. The van der Waals surface area contributed by atoms with Crippen LogP contribution in [-0.4, -0.2) is 28.4 Å². The summed E-state index contributed by atoms with van der Waals surface area (Å²) in [6, 6.07) is 5.60. The van der Waals surface area contributed by atoms with Crippen molar-refractivity contribution < 1.29 is 19.7 Å². The molecule has 0 bridgehead atoms. The van der Waals surface area contributed by atoms with Crippen LogP contribution in [0.3, 0.4) is 0 Å². The molecule has 0 aliphatic carbocycles. The van der Waals surface area contributed by atoms with Gasteiger partial charge in [0.25, 0.3) is 0 Å². The number of ether oxygens (including phenoxy) is 1. The summed E-state index contributed by atoms with van der Waals surface area (Å²) in [4.78, 5) is 10.5. The maximum atomic E-state index is 10.5. The first-order valence-electron chi connectivity index (χ1n) is 5.44. The summed E-state index contributed by atoms with van der Waals surface area (Å²) in [6.45, 7) is 5.38. The highest BCUT2D eigenvalue weighted by atomic mass is 16.5. The zero-order valence-electron chi connectivity index (χ0n) is 10.4. The molecule has 0 aliphatic heterocycles. The number of aliphatic hydroxyl groups is 1. The van der Waals surface area contributed by atoms with E-state index in [2.05, 4.69) is 0 Å². The maximum absolute atomic E-state index is 10.5. The monoisotopic (exact) mass is 238 g/mol. The van der Waals surface area contributed by atoms with Crippen molar-refractivity contribution >= 4 is 5.97 Å². The Labute approximate surface area is 101 Å². The van der Waals surface area contributed by atoms with Gasteiger partial charge in [-0.3, -0.25) is 4.79 Å². The average molecular weight is 238 g/mol. The highest BCUT2D eigenvalue weighted by Crippen LogP contribution is 2.18. The van der Waals surface area contributed by atoms with Gasteiger partial charge in [-0.25, -0.2) is 0 Å². The van der Waals surface area contributed by atoms with E-state index in [1.165, 1.54) is 6.92 Å². The number of aryl methyl sites for hydroxylation is 2. The molecule has 1 aromatic carbocycles. The number of hydrogen-bond donors (Lipinski definition) is 2. The van der Waals surface area contributed by atoms with Gasteiger partial charge in [-0.2, -0.15) is 0 Å². The van der Waals surface area contributed by atoms with Crippen molar-refractivity contribution in [2.75, 3.05) is 6.61 Å². The van der Waals surface area contributed by atoms with Crippen LogP contribution in [0, 0.1) is 13.8 Å². The molecule has 1 atom stereocenters. The van der Waals surface area contributed by atoms with Gasteiger partial charge >= 0.3 is 5.97 Å². The highest BCUT2D eigenvalue weighted by molar-refractivity contribution is 5.68. The Balaban J connectivity index is 2.60. The van der Waals surface area contributed by atoms with Gasteiger partial charge in [-0.15, -0.1) is 0 Å². The third-order valence-electron chi connectivity index (χ3n) is 2.56. The Morgan fingerprint density at radius 3 is 2.53 bits per heavy atom. The van der Waals surface area contributed by atoms with E-state index in [0.29, 0.717) is 5.75 Å². The molecule has 0 spiro atoms. The quantitative estimate of drug-likeness (QED) is 0.822. The van der Waals surface area contributed by atoms with Crippen LogP contribution in [0.2, 0.25) is 0 Å². The second-order valence-electron chi connectivity index (χ2n) is 4.60. The van der Waals surface area contributed by atoms with Crippen molar-refractivity contribution in [2.24, 2.45) is 0 Å². The Bertz CT molecular complexity index is 410. The molecular weight excluding hydrogens is 220 g/mol. The largest absolute Gasteiger partial charge is 0.491 e. The Hall–Kier alpha value is -1.55. The van der Waals surface area contributed by atoms with Gasteiger partial charge in [0.1, 0.15) is 18.0 Å². The van der Waals surface area contributed by atoms with Gasteiger partial charge in [0.15, 0.2) is 0 Å². The molecule has 0 saturated heterocycles. The molecule has 17 heavy (non-hydrogen) atoms. The molecule has 0 aromatic heterocycles. The number of carbonyl (C=O) groups is 1. The van der Waals surface area contributed by atoms with Crippen LogP contribution in [0.4, 0.5) is 0 Å². The molecule has 1 unspecified atom stereocenters. The number of aliphatic carboxylic acids is 1. The molecule has 0 heterocycles. The van der Waals surface area contributed by atoms with Crippen LogP contribution in [0.5, 0.6) is 5.75 Å². The smallest absolute Gasteiger partial charge is 0.306 e.